The number of methoxy groups -OCH3 is 1. The van der Waals surface area contributed by atoms with Crippen LogP contribution in [0.1, 0.15) is 38.5 Å². The lowest BCUT2D eigenvalue weighted by molar-refractivity contribution is -0.137. The summed E-state index contributed by atoms with van der Waals surface area (Å²) in [6, 6.07) is 7.16. The van der Waals surface area contributed by atoms with E-state index in [1.807, 2.05) is 23.1 Å². The predicted molar refractivity (Wildman–Crippen MR) is 111 cm³/mol. The van der Waals surface area contributed by atoms with Crippen molar-refractivity contribution in [1.82, 2.24) is 25.1 Å². The summed E-state index contributed by atoms with van der Waals surface area (Å²) < 4.78 is 29.3. The minimum Gasteiger partial charge on any atom is -0.497 e. The van der Waals surface area contributed by atoms with Gasteiger partial charge in [0.2, 0.25) is 11.7 Å². The molecule has 30 heavy (non-hydrogen) atoms. The molecule has 2 fully saturated rings. The highest BCUT2D eigenvalue weighted by Crippen LogP contribution is 2.28. The van der Waals surface area contributed by atoms with Gasteiger partial charge in [-0.25, -0.2) is 8.42 Å². The SMILES string of the molecule is COc1cccc(-c2nnn(CC(=O)N(C3CCCCC3)C3CCS(=O)(=O)C3)n2)c1. The molecule has 0 spiro atoms. The van der Waals surface area contributed by atoms with E-state index in [1.54, 1.807) is 13.2 Å². The summed E-state index contributed by atoms with van der Waals surface area (Å²) in [7, 11) is -1.49. The third kappa shape index (κ3) is 4.63. The van der Waals surface area contributed by atoms with Crippen LogP contribution in [0.4, 0.5) is 0 Å². The minimum absolute atomic E-state index is 0.0507. The summed E-state index contributed by atoms with van der Waals surface area (Å²) in [4.78, 5) is 16.3. The van der Waals surface area contributed by atoms with E-state index in [0.717, 1.165) is 37.7 Å². The molecule has 0 N–H and O–H groups in total. The van der Waals surface area contributed by atoms with Gasteiger partial charge >= 0.3 is 0 Å². The van der Waals surface area contributed by atoms with Gasteiger partial charge in [0.25, 0.3) is 0 Å². The van der Waals surface area contributed by atoms with E-state index in [4.69, 9.17) is 4.74 Å². The molecule has 0 bridgehead atoms. The number of hydrogen-bond donors (Lipinski definition) is 0. The molecule has 10 heteroatoms. The molecular weight excluding hydrogens is 406 g/mol. The van der Waals surface area contributed by atoms with Gasteiger partial charge in [0, 0.05) is 17.6 Å². The quantitative estimate of drug-likeness (QED) is 0.682. The summed E-state index contributed by atoms with van der Waals surface area (Å²) in [6.45, 7) is -0.0516. The van der Waals surface area contributed by atoms with Crippen molar-refractivity contribution < 1.29 is 17.9 Å². The van der Waals surface area contributed by atoms with Gasteiger partial charge in [-0.05, 0) is 36.6 Å². The number of ether oxygens (including phenoxy) is 1. The second kappa shape index (κ2) is 8.71. The highest BCUT2D eigenvalue weighted by atomic mass is 32.2. The molecule has 1 unspecified atom stereocenters. The first-order chi connectivity index (χ1) is 14.4. The Morgan fingerprint density at radius 2 is 2.00 bits per heavy atom. The molecule has 162 valence electrons. The van der Waals surface area contributed by atoms with E-state index in [-0.39, 0.29) is 36.0 Å². The highest BCUT2D eigenvalue weighted by Gasteiger charge is 2.38. The van der Waals surface area contributed by atoms with Gasteiger partial charge < -0.3 is 9.64 Å². The monoisotopic (exact) mass is 433 g/mol. The maximum absolute atomic E-state index is 13.2. The normalized spacial score (nSPS) is 21.4. The molecule has 4 rings (SSSR count). The fourth-order valence-electron chi connectivity index (χ4n) is 4.45. The Morgan fingerprint density at radius 1 is 1.20 bits per heavy atom. The van der Waals surface area contributed by atoms with Crippen LogP contribution < -0.4 is 4.74 Å². The molecule has 1 aliphatic carbocycles. The number of hydrogen-bond acceptors (Lipinski definition) is 7. The van der Waals surface area contributed by atoms with Crippen molar-refractivity contribution in [2.75, 3.05) is 18.6 Å². The zero-order valence-electron chi connectivity index (χ0n) is 17.1. The van der Waals surface area contributed by atoms with E-state index in [0.29, 0.717) is 18.0 Å². The van der Waals surface area contributed by atoms with Gasteiger partial charge in [0.15, 0.2) is 9.84 Å². The Morgan fingerprint density at radius 3 is 2.70 bits per heavy atom. The molecule has 9 nitrogen and oxygen atoms in total. The third-order valence-electron chi connectivity index (χ3n) is 5.92. The molecule has 1 aromatic heterocycles. The molecule has 2 heterocycles. The van der Waals surface area contributed by atoms with Crippen molar-refractivity contribution in [1.29, 1.82) is 0 Å². The standard InChI is InChI=1S/C20H27N5O4S/c1-29-18-9-5-6-15(12-18)20-21-23-24(22-20)13-19(26)25(16-7-3-2-4-8-16)17-10-11-30(27,28)14-17/h5-6,9,12,16-17H,2-4,7-8,10-11,13-14H2,1H3. The van der Waals surface area contributed by atoms with E-state index in [9.17, 15) is 13.2 Å². The number of nitrogens with zero attached hydrogens (tertiary/aromatic N) is 5. The summed E-state index contributed by atoms with van der Waals surface area (Å²) >= 11 is 0. The Kier molecular flexibility index (Phi) is 6.03. The van der Waals surface area contributed by atoms with Gasteiger partial charge in [-0.1, -0.05) is 31.4 Å². The average Bonchev–Trinajstić information content (AvgIpc) is 3.35. The molecule has 1 saturated heterocycles. The van der Waals surface area contributed by atoms with Crippen LogP contribution in [0.2, 0.25) is 0 Å². The summed E-state index contributed by atoms with van der Waals surface area (Å²) in [5.41, 5.74) is 0.749. The summed E-state index contributed by atoms with van der Waals surface area (Å²) in [5.74, 6) is 1.16. The van der Waals surface area contributed by atoms with E-state index in [2.05, 4.69) is 15.4 Å². The average molecular weight is 434 g/mol. The van der Waals surface area contributed by atoms with Crippen LogP contribution in [-0.4, -0.2) is 70.1 Å². The molecule has 1 amide bonds. The van der Waals surface area contributed by atoms with Gasteiger partial charge in [-0.3, -0.25) is 4.79 Å². The Hall–Kier alpha value is -2.49. The molecule has 1 saturated carbocycles. The Balaban J connectivity index is 1.51. The van der Waals surface area contributed by atoms with Crippen LogP contribution in [0.15, 0.2) is 24.3 Å². The van der Waals surface area contributed by atoms with E-state index >= 15 is 0 Å². The van der Waals surface area contributed by atoms with Crippen molar-refractivity contribution in [3.63, 3.8) is 0 Å². The first kappa shape index (κ1) is 20.8. The van der Waals surface area contributed by atoms with Crippen molar-refractivity contribution >= 4 is 15.7 Å². The largest absolute Gasteiger partial charge is 0.497 e. The number of sulfone groups is 1. The molecular formula is C20H27N5O4S. The summed E-state index contributed by atoms with van der Waals surface area (Å²) in [5, 5.41) is 12.5. The van der Waals surface area contributed by atoms with Crippen molar-refractivity contribution in [2.24, 2.45) is 0 Å². The van der Waals surface area contributed by atoms with E-state index in [1.165, 1.54) is 4.80 Å². The van der Waals surface area contributed by atoms with Crippen molar-refractivity contribution in [3.8, 4) is 17.1 Å². The second-order valence-electron chi connectivity index (χ2n) is 8.03. The highest BCUT2D eigenvalue weighted by molar-refractivity contribution is 7.91. The number of aromatic nitrogens is 4. The van der Waals surface area contributed by atoms with Crippen LogP contribution in [-0.2, 0) is 21.2 Å². The minimum atomic E-state index is -3.08. The molecule has 2 aliphatic rings. The van der Waals surface area contributed by atoms with Crippen LogP contribution in [0, 0.1) is 0 Å². The van der Waals surface area contributed by atoms with Crippen molar-refractivity contribution in [3.05, 3.63) is 24.3 Å². The number of benzene rings is 1. The fourth-order valence-corrected chi connectivity index (χ4v) is 6.16. The van der Waals surface area contributed by atoms with Crippen LogP contribution >= 0.6 is 0 Å². The topological polar surface area (TPSA) is 107 Å². The fraction of sp³-hybridized carbons (Fsp3) is 0.600. The molecule has 1 aromatic carbocycles. The Bertz CT molecular complexity index is 1000. The number of amides is 1. The zero-order chi connectivity index (χ0) is 21.1. The smallest absolute Gasteiger partial charge is 0.246 e. The zero-order valence-corrected chi connectivity index (χ0v) is 17.9. The molecule has 1 aliphatic heterocycles. The molecule has 1 atom stereocenters. The predicted octanol–water partition coefficient (Wildman–Crippen LogP) is 1.70. The molecule has 2 aromatic rings. The lowest BCUT2D eigenvalue weighted by atomic mass is 9.93. The van der Waals surface area contributed by atoms with Crippen LogP contribution in [0.3, 0.4) is 0 Å². The lowest BCUT2D eigenvalue weighted by Crippen LogP contribution is -2.50. The van der Waals surface area contributed by atoms with Gasteiger partial charge in [0.1, 0.15) is 12.3 Å². The number of rotatable bonds is 6. The second-order valence-corrected chi connectivity index (χ2v) is 10.3. The van der Waals surface area contributed by atoms with Crippen molar-refractivity contribution in [2.45, 2.75) is 57.2 Å². The van der Waals surface area contributed by atoms with Gasteiger partial charge in [-0.2, -0.15) is 4.80 Å². The first-order valence-electron chi connectivity index (χ1n) is 10.4. The number of tetrazole rings is 1. The van der Waals surface area contributed by atoms with Gasteiger partial charge in [-0.15, -0.1) is 10.2 Å². The van der Waals surface area contributed by atoms with E-state index < -0.39 is 9.84 Å². The molecule has 0 radical (unpaired) electrons. The lowest BCUT2D eigenvalue weighted by Gasteiger charge is -2.38. The maximum atomic E-state index is 13.2. The third-order valence-corrected chi connectivity index (χ3v) is 7.67. The number of carbonyl (C=O) groups excluding carboxylic acids is 1. The first-order valence-corrected chi connectivity index (χ1v) is 12.2. The van der Waals surface area contributed by atoms with Crippen LogP contribution in [0.25, 0.3) is 11.4 Å². The maximum Gasteiger partial charge on any atom is 0.246 e. The summed E-state index contributed by atoms with van der Waals surface area (Å²) in [6.07, 6.45) is 5.63. The Labute approximate surface area is 176 Å². The van der Waals surface area contributed by atoms with Gasteiger partial charge in [0.05, 0.1) is 18.6 Å². The van der Waals surface area contributed by atoms with Crippen LogP contribution in [0.5, 0.6) is 5.75 Å². The number of carbonyl (C=O) groups is 1.